The summed E-state index contributed by atoms with van der Waals surface area (Å²) in [6, 6.07) is 23.0. The van der Waals surface area contributed by atoms with Crippen LogP contribution < -0.4 is 5.32 Å². The molecule has 1 N–H and O–H groups in total. The molecule has 8 heteroatoms. The monoisotopic (exact) mass is 534 g/mol. The van der Waals surface area contributed by atoms with Crippen LogP contribution in [0, 0.1) is 0 Å². The van der Waals surface area contributed by atoms with Crippen molar-refractivity contribution in [2.45, 2.75) is 22.4 Å². The fourth-order valence-corrected chi connectivity index (χ4v) is 5.92. The molecule has 1 heterocycles. The number of amides is 1. The third kappa shape index (κ3) is 4.85. The van der Waals surface area contributed by atoms with Crippen LogP contribution in [0.1, 0.15) is 33.0 Å². The molecule has 0 spiro atoms. The zero-order valence-electron chi connectivity index (χ0n) is 18.9. The molecule has 0 fully saturated rings. The smallest absolute Gasteiger partial charge is 0.407 e. The zero-order chi connectivity index (χ0) is 25.1. The zero-order valence-corrected chi connectivity index (χ0v) is 21.2. The summed E-state index contributed by atoms with van der Waals surface area (Å²) in [5, 5.41) is 4.16. The van der Waals surface area contributed by atoms with Crippen molar-refractivity contribution in [3.05, 3.63) is 111 Å². The van der Waals surface area contributed by atoms with Gasteiger partial charge in [0.2, 0.25) is 0 Å². The molecule has 1 aromatic heterocycles. The molecule has 1 amide bonds. The van der Waals surface area contributed by atoms with E-state index in [1.165, 1.54) is 22.9 Å². The Kier molecular flexibility index (Phi) is 7.28. The van der Waals surface area contributed by atoms with Crippen molar-refractivity contribution in [2.24, 2.45) is 0 Å². The number of fused-ring (bicyclic) bond motifs is 3. The normalized spacial score (nSPS) is 12.1. The number of hydrogen-bond acceptors (Lipinski definition) is 5. The van der Waals surface area contributed by atoms with Gasteiger partial charge in [0, 0.05) is 39.7 Å². The molecule has 1 aliphatic carbocycles. The van der Waals surface area contributed by atoms with Crippen LogP contribution in [0.3, 0.4) is 0 Å². The highest BCUT2D eigenvalue weighted by Gasteiger charge is 2.29. The summed E-state index contributed by atoms with van der Waals surface area (Å²) in [6.07, 6.45) is 1.78. The van der Waals surface area contributed by atoms with Gasteiger partial charge in [-0.1, -0.05) is 83.5 Å². The molecule has 3 aromatic carbocycles. The summed E-state index contributed by atoms with van der Waals surface area (Å²) in [5.74, 6) is -0.0325. The van der Waals surface area contributed by atoms with Gasteiger partial charge in [0.1, 0.15) is 11.6 Å². The van der Waals surface area contributed by atoms with Crippen molar-refractivity contribution in [2.75, 3.05) is 6.61 Å². The minimum Gasteiger partial charge on any atom is -0.449 e. The van der Waals surface area contributed by atoms with Crippen LogP contribution in [-0.2, 0) is 11.3 Å². The van der Waals surface area contributed by atoms with E-state index < -0.39 is 6.09 Å². The van der Waals surface area contributed by atoms with Gasteiger partial charge in [0.15, 0.2) is 6.29 Å². The maximum Gasteiger partial charge on any atom is 0.407 e. The summed E-state index contributed by atoms with van der Waals surface area (Å²) >= 11 is 14.2. The van der Waals surface area contributed by atoms with Gasteiger partial charge in [0.05, 0.1) is 5.02 Å². The first-order valence-corrected chi connectivity index (χ1v) is 12.8. The van der Waals surface area contributed by atoms with Gasteiger partial charge in [-0.3, -0.25) is 4.79 Å². The maximum atomic E-state index is 12.7. The number of benzene rings is 3. The van der Waals surface area contributed by atoms with Crippen LogP contribution >= 0.6 is 35.0 Å². The number of aldehydes is 1. The van der Waals surface area contributed by atoms with Gasteiger partial charge in [-0.2, -0.15) is 0 Å². The maximum absolute atomic E-state index is 12.7. The van der Waals surface area contributed by atoms with Gasteiger partial charge in [-0.25, -0.2) is 9.78 Å². The highest BCUT2D eigenvalue weighted by Crippen LogP contribution is 2.44. The highest BCUT2D eigenvalue weighted by atomic mass is 35.5. The van der Waals surface area contributed by atoms with Crippen molar-refractivity contribution in [1.82, 2.24) is 10.3 Å². The molecule has 0 saturated heterocycles. The molecule has 0 bridgehead atoms. The topological polar surface area (TPSA) is 68.3 Å². The minimum atomic E-state index is -0.560. The predicted molar refractivity (Wildman–Crippen MR) is 142 cm³/mol. The second-order valence-electron chi connectivity index (χ2n) is 8.13. The first kappa shape index (κ1) is 24.4. The van der Waals surface area contributed by atoms with Gasteiger partial charge in [-0.05, 0) is 46.5 Å². The number of ether oxygens (including phenoxy) is 1. The Bertz CT molecular complexity index is 1420. The fraction of sp³-hybridized carbons (Fsp3) is 0.107. The second kappa shape index (κ2) is 10.7. The molecule has 0 atom stereocenters. The Morgan fingerprint density at radius 3 is 2.31 bits per heavy atom. The van der Waals surface area contributed by atoms with Gasteiger partial charge >= 0.3 is 6.09 Å². The lowest BCUT2D eigenvalue weighted by molar-refractivity contribution is 0.112. The average molecular weight is 535 g/mol. The number of aromatic nitrogens is 1. The number of nitrogens with one attached hydrogen (secondary N) is 1. The van der Waals surface area contributed by atoms with Crippen LogP contribution in [0.25, 0.3) is 11.1 Å². The van der Waals surface area contributed by atoms with E-state index in [1.807, 2.05) is 24.3 Å². The number of halogens is 2. The van der Waals surface area contributed by atoms with Crippen LogP contribution in [0.2, 0.25) is 10.0 Å². The number of pyridine rings is 1. The Balaban J connectivity index is 1.29. The first-order valence-electron chi connectivity index (χ1n) is 11.2. The Morgan fingerprint density at radius 1 is 0.944 bits per heavy atom. The molecule has 180 valence electrons. The van der Waals surface area contributed by atoms with E-state index in [0.29, 0.717) is 31.1 Å². The molecule has 1 aliphatic rings. The Hall–Kier alpha value is -3.32. The van der Waals surface area contributed by atoms with E-state index in [-0.39, 0.29) is 19.1 Å². The van der Waals surface area contributed by atoms with E-state index in [2.05, 4.69) is 34.6 Å². The molecule has 5 rings (SSSR count). The largest absolute Gasteiger partial charge is 0.449 e. The third-order valence-corrected chi connectivity index (χ3v) is 8.02. The molecule has 0 aliphatic heterocycles. The summed E-state index contributed by atoms with van der Waals surface area (Å²) < 4.78 is 5.63. The Morgan fingerprint density at radius 2 is 1.61 bits per heavy atom. The third-order valence-electron chi connectivity index (χ3n) is 6.03. The van der Waals surface area contributed by atoms with Crippen LogP contribution in [-0.4, -0.2) is 24.0 Å². The lowest BCUT2D eigenvalue weighted by Crippen LogP contribution is -2.26. The molecule has 36 heavy (non-hydrogen) atoms. The van der Waals surface area contributed by atoms with Gasteiger partial charge in [-0.15, -0.1) is 0 Å². The first-order chi connectivity index (χ1) is 17.6. The number of carbonyl (C=O) groups excluding carboxylic acids is 2. The van der Waals surface area contributed by atoms with Crippen molar-refractivity contribution < 1.29 is 14.3 Å². The van der Waals surface area contributed by atoms with E-state index >= 15 is 0 Å². The minimum absolute atomic E-state index is 0.0325. The molecule has 4 aromatic rings. The van der Waals surface area contributed by atoms with Crippen LogP contribution in [0.15, 0.2) is 88.9 Å². The highest BCUT2D eigenvalue weighted by molar-refractivity contribution is 7.99. The second-order valence-corrected chi connectivity index (χ2v) is 9.95. The van der Waals surface area contributed by atoms with Gasteiger partial charge in [0.25, 0.3) is 0 Å². The van der Waals surface area contributed by atoms with Crippen LogP contribution in [0.5, 0.6) is 0 Å². The number of rotatable bonds is 7. The molecule has 0 radical (unpaired) electrons. The standard InChI is InChI=1S/C28H20Cl2N2O3S/c29-24-11-12-25(30)26(36-27-17(15-33)6-5-13-31-27)22(24)14-32-28(34)35-16-23-20-9-3-1-7-18(20)19-8-2-4-10-21(19)23/h1-13,15,23H,14,16H2,(H,32,34). The summed E-state index contributed by atoms with van der Waals surface area (Å²) in [6.45, 7) is 0.309. The van der Waals surface area contributed by atoms with E-state index in [1.54, 1.807) is 30.5 Å². The van der Waals surface area contributed by atoms with Crippen molar-refractivity contribution in [3.8, 4) is 11.1 Å². The quantitative estimate of drug-likeness (QED) is 0.250. The van der Waals surface area contributed by atoms with Crippen molar-refractivity contribution in [1.29, 1.82) is 0 Å². The molecule has 0 saturated carbocycles. The van der Waals surface area contributed by atoms with Gasteiger partial charge < -0.3 is 10.1 Å². The van der Waals surface area contributed by atoms with Crippen molar-refractivity contribution in [3.63, 3.8) is 0 Å². The lowest BCUT2D eigenvalue weighted by atomic mass is 9.98. The summed E-state index contributed by atoms with van der Waals surface area (Å²) in [4.78, 5) is 29.0. The summed E-state index contributed by atoms with van der Waals surface area (Å²) in [5.41, 5.74) is 5.67. The summed E-state index contributed by atoms with van der Waals surface area (Å²) in [7, 11) is 0. The number of alkyl carbamates (subject to hydrolysis) is 1. The molecular formula is C28H20Cl2N2O3S. The SMILES string of the molecule is O=Cc1cccnc1Sc1c(Cl)ccc(Cl)c1CNC(=O)OCC1c2ccccc2-c2ccccc21. The number of carbonyl (C=O) groups is 2. The molecule has 5 nitrogen and oxygen atoms in total. The van der Waals surface area contributed by atoms with E-state index in [4.69, 9.17) is 27.9 Å². The average Bonchev–Trinajstić information content (AvgIpc) is 3.23. The molecule has 0 unspecified atom stereocenters. The Labute approximate surface area is 222 Å². The van der Waals surface area contributed by atoms with E-state index in [0.717, 1.165) is 17.4 Å². The fourth-order valence-electron chi connectivity index (χ4n) is 4.34. The van der Waals surface area contributed by atoms with Crippen LogP contribution in [0.4, 0.5) is 4.79 Å². The number of nitrogens with zero attached hydrogens (tertiary/aromatic N) is 1. The number of hydrogen-bond donors (Lipinski definition) is 1. The lowest BCUT2D eigenvalue weighted by Gasteiger charge is -2.16. The van der Waals surface area contributed by atoms with Crippen molar-refractivity contribution >= 4 is 47.3 Å². The van der Waals surface area contributed by atoms with E-state index in [9.17, 15) is 9.59 Å². The predicted octanol–water partition coefficient (Wildman–Crippen LogP) is 7.39. The molecular weight excluding hydrogens is 515 g/mol.